The first kappa shape index (κ1) is 20.2. The Bertz CT molecular complexity index is 867. The number of hydrogen-bond acceptors (Lipinski definition) is 3. The molecule has 2 aromatic carbocycles. The van der Waals surface area contributed by atoms with Crippen molar-refractivity contribution >= 4 is 29.1 Å². The van der Waals surface area contributed by atoms with Crippen LogP contribution in [0.1, 0.15) is 36.2 Å². The molecule has 2 amide bonds. The van der Waals surface area contributed by atoms with E-state index in [0.717, 1.165) is 17.7 Å². The quantitative estimate of drug-likeness (QED) is 0.759. The van der Waals surface area contributed by atoms with Gasteiger partial charge in [0.1, 0.15) is 12.4 Å². The van der Waals surface area contributed by atoms with Gasteiger partial charge in [-0.3, -0.25) is 9.59 Å². The van der Waals surface area contributed by atoms with Gasteiger partial charge in [-0.05, 0) is 60.7 Å². The van der Waals surface area contributed by atoms with Gasteiger partial charge >= 0.3 is 0 Å². The Balaban J connectivity index is 1.64. The van der Waals surface area contributed by atoms with Gasteiger partial charge in [-0.15, -0.1) is 0 Å². The van der Waals surface area contributed by atoms with Crippen molar-refractivity contribution in [3.8, 4) is 5.75 Å². The minimum atomic E-state index is -0.234. The van der Waals surface area contributed by atoms with Crippen LogP contribution in [0.5, 0.6) is 5.75 Å². The standard InChI is InChI=1S/C22H25ClN2O3/c1-14(2)8-9-24-21(26)17-10-16-12-19(6-7-20(16)28-13-17)25-22(27)15-4-3-5-18(23)11-15/h3-7,11-12,14,17H,8-10,13H2,1-2H3,(H,24,26)(H,25,27)/t17-/m0/s1. The molecule has 0 bridgehead atoms. The summed E-state index contributed by atoms with van der Waals surface area (Å²) in [6.45, 7) is 5.31. The Hall–Kier alpha value is -2.53. The molecule has 0 fully saturated rings. The predicted molar refractivity (Wildman–Crippen MR) is 111 cm³/mol. The highest BCUT2D eigenvalue weighted by Gasteiger charge is 2.26. The van der Waals surface area contributed by atoms with Crippen molar-refractivity contribution < 1.29 is 14.3 Å². The van der Waals surface area contributed by atoms with Crippen molar-refractivity contribution in [3.63, 3.8) is 0 Å². The second-order valence-corrected chi connectivity index (χ2v) is 7.91. The molecule has 1 atom stereocenters. The van der Waals surface area contributed by atoms with Crippen LogP contribution >= 0.6 is 11.6 Å². The van der Waals surface area contributed by atoms with E-state index in [1.54, 1.807) is 30.3 Å². The second kappa shape index (κ2) is 9.11. The normalized spacial score (nSPS) is 15.5. The van der Waals surface area contributed by atoms with Crippen molar-refractivity contribution in [2.75, 3.05) is 18.5 Å². The van der Waals surface area contributed by atoms with E-state index < -0.39 is 0 Å². The number of halogens is 1. The van der Waals surface area contributed by atoms with Gasteiger partial charge in [-0.25, -0.2) is 0 Å². The van der Waals surface area contributed by atoms with Gasteiger partial charge < -0.3 is 15.4 Å². The zero-order valence-electron chi connectivity index (χ0n) is 16.1. The molecule has 1 aliphatic heterocycles. The van der Waals surface area contributed by atoms with Gasteiger partial charge in [0.2, 0.25) is 5.91 Å². The third kappa shape index (κ3) is 5.26. The Morgan fingerprint density at radius 3 is 2.79 bits per heavy atom. The molecular formula is C22H25ClN2O3. The SMILES string of the molecule is CC(C)CCNC(=O)[C@@H]1COc2ccc(NC(=O)c3cccc(Cl)c3)cc2C1. The Morgan fingerprint density at radius 1 is 1.21 bits per heavy atom. The Labute approximate surface area is 170 Å². The van der Waals surface area contributed by atoms with Gasteiger partial charge in [0.15, 0.2) is 0 Å². The number of hydrogen-bond donors (Lipinski definition) is 2. The highest BCUT2D eigenvalue weighted by molar-refractivity contribution is 6.31. The van der Waals surface area contributed by atoms with Gasteiger partial charge in [-0.2, -0.15) is 0 Å². The van der Waals surface area contributed by atoms with Crippen LogP contribution in [0, 0.1) is 11.8 Å². The summed E-state index contributed by atoms with van der Waals surface area (Å²) in [4.78, 5) is 24.8. The summed E-state index contributed by atoms with van der Waals surface area (Å²) in [7, 11) is 0. The lowest BCUT2D eigenvalue weighted by Gasteiger charge is -2.25. The van der Waals surface area contributed by atoms with E-state index in [2.05, 4.69) is 24.5 Å². The van der Waals surface area contributed by atoms with E-state index in [1.807, 2.05) is 12.1 Å². The van der Waals surface area contributed by atoms with E-state index in [0.29, 0.717) is 41.8 Å². The van der Waals surface area contributed by atoms with Gasteiger partial charge in [0.05, 0.1) is 5.92 Å². The average Bonchev–Trinajstić information content (AvgIpc) is 2.67. The molecule has 0 aliphatic carbocycles. The highest BCUT2D eigenvalue weighted by atomic mass is 35.5. The summed E-state index contributed by atoms with van der Waals surface area (Å²) < 4.78 is 5.75. The largest absolute Gasteiger partial charge is 0.492 e. The minimum absolute atomic E-state index is 0.0136. The second-order valence-electron chi connectivity index (χ2n) is 7.47. The van der Waals surface area contributed by atoms with Crippen LogP contribution in [0.3, 0.4) is 0 Å². The molecule has 148 valence electrons. The van der Waals surface area contributed by atoms with E-state index in [4.69, 9.17) is 16.3 Å². The fourth-order valence-electron chi connectivity index (χ4n) is 3.10. The lowest BCUT2D eigenvalue weighted by molar-refractivity contribution is -0.126. The molecule has 0 saturated carbocycles. The van der Waals surface area contributed by atoms with Crippen molar-refractivity contribution in [1.29, 1.82) is 0 Å². The number of nitrogens with one attached hydrogen (secondary N) is 2. The highest BCUT2D eigenvalue weighted by Crippen LogP contribution is 2.30. The minimum Gasteiger partial charge on any atom is -0.492 e. The summed E-state index contributed by atoms with van der Waals surface area (Å²) in [5.74, 6) is 0.863. The predicted octanol–water partition coefficient (Wildman–Crippen LogP) is 4.31. The number of ether oxygens (including phenoxy) is 1. The number of benzene rings is 2. The van der Waals surface area contributed by atoms with E-state index in [1.165, 1.54) is 0 Å². The van der Waals surface area contributed by atoms with Crippen molar-refractivity contribution in [2.24, 2.45) is 11.8 Å². The molecule has 0 aromatic heterocycles. The molecule has 2 N–H and O–H groups in total. The lowest BCUT2D eigenvalue weighted by atomic mass is 9.95. The molecule has 0 saturated heterocycles. The maximum atomic E-state index is 12.4. The number of fused-ring (bicyclic) bond motifs is 1. The fraction of sp³-hybridized carbons (Fsp3) is 0.364. The number of carbonyl (C=O) groups is 2. The zero-order valence-corrected chi connectivity index (χ0v) is 16.9. The third-order valence-electron chi connectivity index (χ3n) is 4.70. The van der Waals surface area contributed by atoms with Gasteiger partial charge in [-0.1, -0.05) is 31.5 Å². The molecule has 1 heterocycles. The Morgan fingerprint density at radius 2 is 2.04 bits per heavy atom. The van der Waals surface area contributed by atoms with Gasteiger partial charge in [0.25, 0.3) is 5.91 Å². The smallest absolute Gasteiger partial charge is 0.255 e. The van der Waals surface area contributed by atoms with Crippen molar-refractivity contribution in [1.82, 2.24) is 5.32 Å². The zero-order chi connectivity index (χ0) is 20.1. The van der Waals surface area contributed by atoms with Crippen LogP contribution in [0.2, 0.25) is 5.02 Å². The first-order valence-electron chi connectivity index (χ1n) is 9.52. The van der Waals surface area contributed by atoms with Crippen LogP contribution < -0.4 is 15.4 Å². The molecule has 3 rings (SSSR count). The monoisotopic (exact) mass is 400 g/mol. The van der Waals surface area contributed by atoms with Crippen LogP contribution in [0.4, 0.5) is 5.69 Å². The molecule has 0 spiro atoms. The summed E-state index contributed by atoms with van der Waals surface area (Å²) in [6, 6.07) is 12.3. The molecule has 28 heavy (non-hydrogen) atoms. The summed E-state index contributed by atoms with van der Waals surface area (Å²) in [5, 5.41) is 6.37. The third-order valence-corrected chi connectivity index (χ3v) is 4.94. The molecule has 0 unspecified atom stereocenters. The maximum Gasteiger partial charge on any atom is 0.255 e. The number of amides is 2. The average molecular weight is 401 g/mol. The fourth-order valence-corrected chi connectivity index (χ4v) is 3.29. The first-order chi connectivity index (χ1) is 13.4. The number of carbonyl (C=O) groups excluding carboxylic acids is 2. The Kier molecular flexibility index (Phi) is 6.57. The number of rotatable bonds is 6. The maximum absolute atomic E-state index is 12.4. The van der Waals surface area contributed by atoms with E-state index in [-0.39, 0.29) is 17.7 Å². The molecule has 2 aromatic rings. The summed E-state index contributed by atoms with van der Waals surface area (Å²) >= 11 is 5.95. The molecule has 1 aliphatic rings. The van der Waals surface area contributed by atoms with Crippen molar-refractivity contribution in [3.05, 3.63) is 58.6 Å². The topological polar surface area (TPSA) is 67.4 Å². The van der Waals surface area contributed by atoms with E-state index in [9.17, 15) is 9.59 Å². The lowest BCUT2D eigenvalue weighted by Crippen LogP contribution is -2.38. The molecule has 5 nitrogen and oxygen atoms in total. The summed E-state index contributed by atoms with van der Waals surface area (Å²) in [6.07, 6.45) is 1.54. The van der Waals surface area contributed by atoms with E-state index >= 15 is 0 Å². The first-order valence-corrected chi connectivity index (χ1v) is 9.90. The van der Waals surface area contributed by atoms with Crippen LogP contribution in [-0.4, -0.2) is 25.0 Å². The van der Waals surface area contributed by atoms with Gasteiger partial charge in [0, 0.05) is 22.8 Å². The molecule has 0 radical (unpaired) electrons. The molecular weight excluding hydrogens is 376 g/mol. The van der Waals surface area contributed by atoms with Crippen LogP contribution in [-0.2, 0) is 11.2 Å². The van der Waals surface area contributed by atoms with Crippen molar-refractivity contribution in [2.45, 2.75) is 26.7 Å². The number of anilines is 1. The molecule has 6 heteroatoms. The summed E-state index contributed by atoms with van der Waals surface area (Å²) in [5.41, 5.74) is 2.07. The van der Waals surface area contributed by atoms with Crippen LogP contribution in [0.25, 0.3) is 0 Å². The van der Waals surface area contributed by atoms with Crippen LogP contribution in [0.15, 0.2) is 42.5 Å².